The van der Waals surface area contributed by atoms with Gasteiger partial charge in [0.15, 0.2) is 5.79 Å². The minimum atomic E-state index is -0.317. The van der Waals surface area contributed by atoms with Crippen LogP contribution in [0.3, 0.4) is 0 Å². The lowest BCUT2D eigenvalue weighted by Crippen LogP contribution is -2.49. The molecule has 2 heterocycles. The smallest absolute Gasteiger partial charge is 0.181 e. The third-order valence-electron chi connectivity index (χ3n) is 3.74. The molecule has 18 heavy (non-hydrogen) atoms. The highest BCUT2D eigenvalue weighted by atomic mass is 16.7. The highest BCUT2D eigenvalue weighted by Gasteiger charge is 2.40. The fourth-order valence-corrected chi connectivity index (χ4v) is 2.83. The van der Waals surface area contributed by atoms with Crippen LogP contribution < -0.4 is 5.73 Å². The predicted molar refractivity (Wildman–Crippen MR) is 69.4 cm³/mol. The van der Waals surface area contributed by atoms with Gasteiger partial charge in [0.25, 0.3) is 0 Å². The zero-order valence-corrected chi connectivity index (χ0v) is 11.4. The van der Waals surface area contributed by atoms with Crippen LogP contribution in [0.5, 0.6) is 0 Å². The topological polar surface area (TPSA) is 57.0 Å². The van der Waals surface area contributed by atoms with E-state index < -0.39 is 0 Å². The van der Waals surface area contributed by atoms with Crippen molar-refractivity contribution in [2.24, 2.45) is 5.73 Å². The van der Waals surface area contributed by atoms with Gasteiger partial charge in [-0.15, -0.1) is 0 Å². The van der Waals surface area contributed by atoms with Gasteiger partial charge < -0.3 is 19.9 Å². The Labute approximate surface area is 110 Å². The molecule has 2 aliphatic heterocycles. The van der Waals surface area contributed by atoms with Crippen molar-refractivity contribution in [2.45, 2.75) is 38.1 Å². The van der Waals surface area contributed by atoms with Gasteiger partial charge in [-0.25, -0.2) is 0 Å². The molecule has 2 saturated heterocycles. The van der Waals surface area contributed by atoms with E-state index in [1.54, 1.807) is 0 Å². The van der Waals surface area contributed by atoms with E-state index in [0.717, 1.165) is 58.7 Å². The molecule has 2 rings (SSSR count). The van der Waals surface area contributed by atoms with Gasteiger partial charge in [-0.05, 0) is 26.3 Å². The number of nitrogens with two attached hydrogens (primary N) is 1. The largest absolute Gasteiger partial charge is 0.377 e. The molecule has 2 aliphatic rings. The van der Waals surface area contributed by atoms with Crippen molar-refractivity contribution in [1.29, 1.82) is 0 Å². The zero-order chi connectivity index (χ0) is 12.8. The van der Waals surface area contributed by atoms with Crippen molar-refractivity contribution in [3.63, 3.8) is 0 Å². The molecular formula is C13H26N2O3. The number of rotatable bonds is 6. The van der Waals surface area contributed by atoms with Gasteiger partial charge in [0.05, 0.1) is 25.9 Å². The molecule has 0 aliphatic carbocycles. The molecule has 2 fully saturated rings. The highest BCUT2D eigenvalue weighted by Crippen LogP contribution is 2.30. The number of hydrogen-bond donors (Lipinski definition) is 1. The van der Waals surface area contributed by atoms with Gasteiger partial charge in [-0.1, -0.05) is 0 Å². The third-order valence-corrected chi connectivity index (χ3v) is 3.74. The lowest BCUT2D eigenvalue weighted by Gasteiger charge is -2.39. The quantitative estimate of drug-likeness (QED) is 0.755. The molecule has 0 amide bonds. The number of likely N-dealkylation sites (tertiary alicyclic amines) is 1. The summed E-state index contributed by atoms with van der Waals surface area (Å²) in [4.78, 5) is 2.41. The molecule has 2 N–H and O–H groups in total. The van der Waals surface area contributed by atoms with Crippen molar-refractivity contribution >= 4 is 0 Å². The molecule has 0 aromatic rings. The van der Waals surface area contributed by atoms with E-state index in [0.29, 0.717) is 6.54 Å². The van der Waals surface area contributed by atoms with Crippen LogP contribution in [0, 0.1) is 0 Å². The summed E-state index contributed by atoms with van der Waals surface area (Å²) in [7, 11) is 0. The van der Waals surface area contributed by atoms with Gasteiger partial charge >= 0.3 is 0 Å². The van der Waals surface area contributed by atoms with Crippen LogP contribution in [-0.4, -0.2) is 62.8 Å². The Hall–Kier alpha value is -0.200. The first-order valence-electron chi connectivity index (χ1n) is 7.10. The summed E-state index contributed by atoms with van der Waals surface area (Å²) in [6.07, 6.45) is 3.33. The molecule has 0 bridgehead atoms. The van der Waals surface area contributed by atoms with Crippen LogP contribution in [0.4, 0.5) is 0 Å². The second-order valence-corrected chi connectivity index (χ2v) is 5.09. The van der Waals surface area contributed by atoms with Crippen LogP contribution in [-0.2, 0) is 14.2 Å². The fraction of sp³-hybridized carbons (Fsp3) is 1.00. The van der Waals surface area contributed by atoms with Gasteiger partial charge in [0.1, 0.15) is 0 Å². The number of hydrogen-bond acceptors (Lipinski definition) is 5. The minimum absolute atomic E-state index is 0.179. The lowest BCUT2D eigenvalue weighted by atomic mass is 10.0. The van der Waals surface area contributed by atoms with Crippen molar-refractivity contribution in [1.82, 2.24) is 4.90 Å². The van der Waals surface area contributed by atoms with Crippen LogP contribution in [0.15, 0.2) is 0 Å². The first-order chi connectivity index (χ1) is 8.78. The van der Waals surface area contributed by atoms with E-state index in [1.807, 2.05) is 6.92 Å². The average molecular weight is 258 g/mol. The number of piperidine rings is 1. The first kappa shape index (κ1) is 14.2. The third kappa shape index (κ3) is 3.65. The van der Waals surface area contributed by atoms with Crippen molar-refractivity contribution in [3.8, 4) is 0 Å². The molecule has 5 heteroatoms. The van der Waals surface area contributed by atoms with E-state index in [4.69, 9.17) is 19.9 Å². The minimum Gasteiger partial charge on any atom is -0.377 e. The maximum absolute atomic E-state index is 5.77. The van der Waals surface area contributed by atoms with Crippen LogP contribution in [0.2, 0.25) is 0 Å². The van der Waals surface area contributed by atoms with E-state index in [-0.39, 0.29) is 11.9 Å². The fourth-order valence-electron chi connectivity index (χ4n) is 2.83. The molecule has 0 saturated carbocycles. The maximum atomic E-state index is 5.77. The normalized spacial score (nSPS) is 25.7. The molecule has 5 nitrogen and oxygen atoms in total. The summed E-state index contributed by atoms with van der Waals surface area (Å²) in [5.41, 5.74) is 5.70. The second-order valence-electron chi connectivity index (χ2n) is 5.09. The molecule has 1 spiro atoms. The molecule has 0 aromatic carbocycles. The summed E-state index contributed by atoms with van der Waals surface area (Å²) in [6, 6.07) is 0. The summed E-state index contributed by atoms with van der Waals surface area (Å²) in [6.45, 7) is 7.83. The summed E-state index contributed by atoms with van der Waals surface area (Å²) in [5.74, 6) is -0.317. The van der Waals surface area contributed by atoms with Gasteiger partial charge in [-0.3, -0.25) is 4.90 Å². The molecular weight excluding hydrogens is 232 g/mol. The monoisotopic (exact) mass is 258 g/mol. The van der Waals surface area contributed by atoms with E-state index in [1.165, 1.54) is 0 Å². The van der Waals surface area contributed by atoms with Gasteiger partial charge in [0, 0.05) is 26.1 Å². The van der Waals surface area contributed by atoms with Crippen LogP contribution in [0.25, 0.3) is 0 Å². The zero-order valence-electron chi connectivity index (χ0n) is 11.4. The molecule has 106 valence electrons. The first-order valence-corrected chi connectivity index (χ1v) is 7.10. The van der Waals surface area contributed by atoms with Gasteiger partial charge in [0.2, 0.25) is 0 Å². The van der Waals surface area contributed by atoms with E-state index >= 15 is 0 Å². The molecule has 1 unspecified atom stereocenters. The predicted octanol–water partition coefficient (Wildman–Crippen LogP) is 0.579. The lowest BCUT2D eigenvalue weighted by molar-refractivity contribution is -0.189. The van der Waals surface area contributed by atoms with Crippen LogP contribution >= 0.6 is 0 Å². The Balaban J connectivity index is 1.75. The Bertz CT molecular complexity index is 244. The Morgan fingerprint density at radius 2 is 2.17 bits per heavy atom. The number of nitrogens with zero attached hydrogens (tertiary/aromatic N) is 1. The van der Waals surface area contributed by atoms with Crippen LogP contribution in [0.1, 0.15) is 26.2 Å². The van der Waals surface area contributed by atoms with Crippen molar-refractivity contribution in [3.05, 3.63) is 0 Å². The summed E-state index contributed by atoms with van der Waals surface area (Å²) in [5, 5.41) is 0. The van der Waals surface area contributed by atoms with Crippen molar-refractivity contribution in [2.75, 3.05) is 46.0 Å². The molecule has 0 aromatic heterocycles. The summed E-state index contributed by atoms with van der Waals surface area (Å²) >= 11 is 0. The average Bonchev–Trinajstić information content (AvgIpc) is 2.82. The SMILES string of the molecule is CCOC(CN)CCN1CCCC2(C1)OCCO2. The van der Waals surface area contributed by atoms with E-state index in [9.17, 15) is 0 Å². The Morgan fingerprint density at radius 1 is 1.39 bits per heavy atom. The molecule has 1 atom stereocenters. The second kappa shape index (κ2) is 6.82. The van der Waals surface area contributed by atoms with E-state index in [2.05, 4.69) is 4.90 Å². The van der Waals surface area contributed by atoms with Crippen molar-refractivity contribution < 1.29 is 14.2 Å². The molecule has 0 radical (unpaired) electrons. The standard InChI is InChI=1S/C13H26N2O3/c1-2-16-12(10-14)4-7-15-6-3-5-13(11-15)17-8-9-18-13/h12H,2-11,14H2,1H3. The highest BCUT2D eigenvalue weighted by molar-refractivity contribution is 4.84. The van der Waals surface area contributed by atoms with Gasteiger partial charge in [-0.2, -0.15) is 0 Å². The Kier molecular flexibility index (Phi) is 5.38. The summed E-state index contributed by atoms with van der Waals surface area (Å²) < 4.78 is 17.1. The number of ether oxygens (including phenoxy) is 3. The maximum Gasteiger partial charge on any atom is 0.181 e. The Morgan fingerprint density at radius 3 is 2.83 bits per heavy atom.